The van der Waals surface area contributed by atoms with Crippen LogP contribution in [0.5, 0.6) is 5.75 Å². The van der Waals surface area contributed by atoms with Gasteiger partial charge in [-0.15, -0.1) is 0 Å². The van der Waals surface area contributed by atoms with Crippen LogP contribution in [0.2, 0.25) is 0 Å². The van der Waals surface area contributed by atoms with Gasteiger partial charge < -0.3 is 19.1 Å². The highest BCUT2D eigenvalue weighted by molar-refractivity contribution is 5.98. The van der Waals surface area contributed by atoms with E-state index in [4.69, 9.17) is 9.26 Å². The molecule has 5 rings (SSSR count). The third-order valence-corrected chi connectivity index (χ3v) is 5.07. The van der Waals surface area contributed by atoms with E-state index in [1.54, 1.807) is 12.0 Å². The first-order valence-corrected chi connectivity index (χ1v) is 9.07. The van der Waals surface area contributed by atoms with Crippen LogP contribution in [0.3, 0.4) is 0 Å². The van der Waals surface area contributed by atoms with Crippen LogP contribution >= 0.6 is 0 Å². The van der Waals surface area contributed by atoms with Gasteiger partial charge in [0.1, 0.15) is 11.4 Å². The third-order valence-electron chi connectivity index (χ3n) is 5.07. The van der Waals surface area contributed by atoms with Gasteiger partial charge in [0.05, 0.1) is 18.6 Å². The van der Waals surface area contributed by atoms with Gasteiger partial charge in [-0.05, 0) is 24.3 Å². The number of rotatable bonds is 4. The highest BCUT2D eigenvalue weighted by Crippen LogP contribution is 2.32. The molecule has 1 aliphatic heterocycles. The lowest BCUT2D eigenvalue weighted by atomic mass is 9.99. The summed E-state index contributed by atoms with van der Waals surface area (Å²) in [6, 6.07) is 17.3. The maximum Gasteiger partial charge on any atom is 0.270 e. The van der Waals surface area contributed by atoms with Crippen molar-refractivity contribution in [3.63, 3.8) is 0 Å². The second kappa shape index (κ2) is 6.53. The van der Waals surface area contributed by atoms with Gasteiger partial charge in [-0.2, -0.15) is 4.98 Å². The van der Waals surface area contributed by atoms with Crippen LogP contribution in [0.4, 0.5) is 0 Å². The second-order valence-corrected chi connectivity index (χ2v) is 6.83. The molecule has 0 unspecified atom stereocenters. The molecule has 1 N–H and O–H groups in total. The number of nitrogens with zero attached hydrogens (tertiary/aromatic N) is 3. The van der Waals surface area contributed by atoms with Crippen molar-refractivity contribution in [1.82, 2.24) is 20.0 Å². The summed E-state index contributed by atoms with van der Waals surface area (Å²) in [5, 5.41) is 5.11. The van der Waals surface area contributed by atoms with Gasteiger partial charge in [-0.25, -0.2) is 0 Å². The molecule has 0 aliphatic carbocycles. The van der Waals surface area contributed by atoms with E-state index in [0.29, 0.717) is 36.2 Å². The zero-order chi connectivity index (χ0) is 19.1. The fourth-order valence-corrected chi connectivity index (χ4v) is 3.50. The fourth-order valence-electron chi connectivity index (χ4n) is 3.50. The smallest absolute Gasteiger partial charge is 0.270 e. The van der Waals surface area contributed by atoms with Gasteiger partial charge in [-0.1, -0.05) is 35.5 Å². The summed E-state index contributed by atoms with van der Waals surface area (Å²) in [5.74, 6) is 1.76. The lowest BCUT2D eigenvalue weighted by Crippen LogP contribution is -2.48. The average molecular weight is 374 g/mol. The number of hydrogen-bond acceptors (Lipinski definition) is 5. The van der Waals surface area contributed by atoms with Crippen LogP contribution in [0.15, 0.2) is 59.1 Å². The highest BCUT2D eigenvalue weighted by atomic mass is 16.5. The number of hydrogen-bond donors (Lipinski definition) is 1. The van der Waals surface area contributed by atoms with Crippen molar-refractivity contribution in [2.45, 2.75) is 5.92 Å². The standard InChI is InChI=1S/C21H18N4O3/c1-27-18-9-5-3-7-15(18)19-23-20(28-24-19)14-11-25(12-14)21(26)17-10-13-6-2-4-8-16(13)22-17/h2-10,14,22H,11-12H2,1H3. The molecular formula is C21H18N4O3. The Balaban J connectivity index is 1.29. The van der Waals surface area contributed by atoms with E-state index in [9.17, 15) is 4.79 Å². The molecule has 28 heavy (non-hydrogen) atoms. The van der Waals surface area contributed by atoms with Gasteiger partial charge in [-0.3, -0.25) is 4.79 Å². The molecule has 4 aromatic rings. The van der Waals surface area contributed by atoms with Crippen molar-refractivity contribution in [3.05, 3.63) is 66.2 Å². The lowest BCUT2D eigenvalue weighted by molar-refractivity contribution is 0.0564. The van der Waals surface area contributed by atoms with E-state index >= 15 is 0 Å². The van der Waals surface area contributed by atoms with Crippen molar-refractivity contribution in [3.8, 4) is 17.1 Å². The van der Waals surface area contributed by atoms with Crippen LogP contribution in [-0.2, 0) is 0 Å². The van der Waals surface area contributed by atoms with Crippen LogP contribution in [-0.4, -0.2) is 46.1 Å². The molecule has 7 heteroatoms. The number of methoxy groups -OCH3 is 1. The molecule has 0 spiro atoms. The molecule has 0 atom stereocenters. The number of nitrogens with one attached hydrogen (secondary N) is 1. The maximum atomic E-state index is 12.7. The van der Waals surface area contributed by atoms with Gasteiger partial charge in [0.2, 0.25) is 11.7 Å². The number of aromatic amines is 1. The Hall–Kier alpha value is -3.61. The van der Waals surface area contributed by atoms with E-state index in [0.717, 1.165) is 16.5 Å². The maximum absolute atomic E-state index is 12.7. The van der Waals surface area contributed by atoms with E-state index in [1.165, 1.54) is 0 Å². The highest BCUT2D eigenvalue weighted by Gasteiger charge is 2.36. The molecule has 0 bridgehead atoms. The Kier molecular flexibility index (Phi) is 3.86. The predicted molar refractivity (Wildman–Crippen MR) is 103 cm³/mol. The Morgan fingerprint density at radius 3 is 2.79 bits per heavy atom. The van der Waals surface area contributed by atoms with E-state index < -0.39 is 0 Å². The van der Waals surface area contributed by atoms with E-state index in [1.807, 2.05) is 54.6 Å². The molecule has 0 radical (unpaired) electrons. The first-order chi connectivity index (χ1) is 13.7. The number of ether oxygens (including phenoxy) is 1. The van der Waals surface area contributed by atoms with Crippen molar-refractivity contribution in [1.29, 1.82) is 0 Å². The molecule has 1 amide bonds. The molecule has 140 valence electrons. The van der Waals surface area contributed by atoms with Gasteiger partial charge in [0, 0.05) is 24.0 Å². The number of fused-ring (bicyclic) bond motifs is 1. The van der Waals surface area contributed by atoms with Crippen LogP contribution in [0.25, 0.3) is 22.3 Å². The molecular weight excluding hydrogens is 356 g/mol. The minimum Gasteiger partial charge on any atom is -0.496 e. The third kappa shape index (κ3) is 2.72. The summed E-state index contributed by atoms with van der Waals surface area (Å²) < 4.78 is 10.8. The summed E-state index contributed by atoms with van der Waals surface area (Å²) in [4.78, 5) is 22.2. The van der Waals surface area contributed by atoms with Crippen molar-refractivity contribution in [2.24, 2.45) is 0 Å². The topological polar surface area (TPSA) is 84.3 Å². The molecule has 7 nitrogen and oxygen atoms in total. The van der Waals surface area contributed by atoms with Gasteiger partial charge in [0.25, 0.3) is 5.91 Å². The summed E-state index contributed by atoms with van der Waals surface area (Å²) >= 11 is 0. The minimum atomic E-state index is -0.0167. The number of benzene rings is 2. The van der Waals surface area contributed by atoms with Crippen molar-refractivity contribution >= 4 is 16.8 Å². The largest absolute Gasteiger partial charge is 0.496 e. The fraction of sp³-hybridized carbons (Fsp3) is 0.190. The zero-order valence-corrected chi connectivity index (χ0v) is 15.3. The SMILES string of the molecule is COc1ccccc1-c1noc(C2CN(C(=O)c3cc4ccccc4[nH]3)C2)n1. The Morgan fingerprint density at radius 1 is 1.18 bits per heavy atom. The van der Waals surface area contributed by atoms with Gasteiger partial charge >= 0.3 is 0 Å². The lowest BCUT2D eigenvalue weighted by Gasteiger charge is -2.36. The van der Waals surface area contributed by atoms with Crippen LogP contribution in [0.1, 0.15) is 22.3 Å². The molecule has 1 saturated heterocycles. The minimum absolute atomic E-state index is 0.0167. The molecule has 2 aromatic carbocycles. The molecule has 3 heterocycles. The van der Waals surface area contributed by atoms with E-state index in [2.05, 4.69) is 15.1 Å². The number of para-hydroxylation sites is 2. The summed E-state index contributed by atoms with van der Waals surface area (Å²) in [5.41, 5.74) is 2.34. The van der Waals surface area contributed by atoms with E-state index in [-0.39, 0.29) is 11.8 Å². The number of amides is 1. The Morgan fingerprint density at radius 2 is 1.96 bits per heavy atom. The normalized spacial score (nSPS) is 14.2. The first kappa shape index (κ1) is 16.6. The number of likely N-dealkylation sites (tertiary alicyclic amines) is 1. The molecule has 1 aliphatic rings. The van der Waals surface area contributed by atoms with Crippen LogP contribution < -0.4 is 4.74 Å². The van der Waals surface area contributed by atoms with Crippen molar-refractivity contribution < 1.29 is 14.1 Å². The Bertz CT molecular complexity index is 1120. The molecule has 0 saturated carbocycles. The quantitative estimate of drug-likeness (QED) is 0.591. The zero-order valence-electron chi connectivity index (χ0n) is 15.3. The Labute approximate surface area is 160 Å². The first-order valence-electron chi connectivity index (χ1n) is 9.07. The predicted octanol–water partition coefficient (Wildman–Crippen LogP) is 3.47. The summed E-state index contributed by atoms with van der Waals surface area (Å²) in [7, 11) is 1.61. The monoisotopic (exact) mass is 374 g/mol. The average Bonchev–Trinajstić information content (AvgIpc) is 3.34. The second-order valence-electron chi connectivity index (χ2n) is 6.83. The molecule has 1 fully saturated rings. The number of carbonyl (C=O) groups excluding carboxylic acids is 1. The summed E-state index contributed by atoms with van der Waals surface area (Å²) in [6.45, 7) is 1.11. The van der Waals surface area contributed by atoms with Crippen LogP contribution in [0, 0.1) is 0 Å². The number of H-pyrrole nitrogens is 1. The number of carbonyl (C=O) groups is 1. The number of aromatic nitrogens is 3. The van der Waals surface area contributed by atoms with Gasteiger partial charge in [0.15, 0.2) is 0 Å². The van der Waals surface area contributed by atoms with Crippen molar-refractivity contribution in [2.75, 3.05) is 20.2 Å². The molecule has 2 aromatic heterocycles. The summed E-state index contributed by atoms with van der Waals surface area (Å²) in [6.07, 6.45) is 0.